The summed E-state index contributed by atoms with van der Waals surface area (Å²) in [6.45, 7) is 5.26. The van der Waals surface area contributed by atoms with E-state index in [-0.39, 0.29) is 11.2 Å². The Kier molecular flexibility index (Phi) is 4.17. The van der Waals surface area contributed by atoms with Crippen LogP contribution in [-0.2, 0) is 15.6 Å². The first-order valence-corrected chi connectivity index (χ1v) is 5.49. The minimum Gasteiger partial charge on any atom is -0.477 e. The van der Waals surface area contributed by atoms with E-state index in [1.807, 2.05) is 0 Å². The lowest BCUT2D eigenvalue weighted by Crippen LogP contribution is -2.36. The summed E-state index contributed by atoms with van der Waals surface area (Å²) in [6, 6.07) is 0. The van der Waals surface area contributed by atoms with Crippen LogP contribution in [-0.4, -0.2) is 32.7 Å². The molecule has 3 nitrogen and oxygen atoms in total. The van der Waals surface area contributed by atoms with Crippen LogP contribution in [0.1, 0.15) is 20.8 Å². The number of alkyl halides is 2. The molecule has 0 aliphatic rings. The smallest absolute Gasteiger partial charge is 0.375 e. The van der Waals surface area contributed by atoms with Gasteiger partial charge in [0.05, 0.1) is 5.75 Å². The molecule has 0 bridgehead atoms. The van der Waals surface area contributed by atoms with E-state index in [9.17, 15) is 17.8 Å². The number of aliphatic carboxylic acids is 1. The van der Waals surface area contributed by atoms with Gasteiger partial charge in [0.1, 0.15) is 0 Å². The summed E-state index contributed by atoms with van der Waals surface area (Å²) >= 11 is 0. The van der Waals surface area contributed by atoms with Gasteiger partial charge in [0, 0.05) is 16.6 Å². The Bertz CT molecular complexity index is 245. The maximum absolute atomic E-state index is 12.6. The lowest BCUT2D eigenvalue weighted by atomic mass is 10.0. The summed E-state index contributed by atoms with van der Waals surface area (Å²) in [4.78, 5) is 10.0. The maximum Gasteiger partial charge on any atom is 0.375 e. The number of carboxylic acids is 1. The molecule has 0 radical (unpaired) electrons. The van der Waals surface area contributed by atoms with E-state index in [2.05, 4.69) is 0 Å². The minimum atomic E-state index is -3.89. The highest BCUT2D eigenvalue weighted by Crippen LogP contribution is 2.20. The second kappa shape index (κ2) is 4.33. The molecule has 1 N–H and O–H groups in total. The van der Waals surface area contributed by atoms with Crippen LogP contribution in [0.15, 0.2) is 0 Å². The molecule has 0 rings (SSSR count). The van der Waals surface area contributed by atoms with Crippen molar-refractivity contribution in [1.82, 2.24) is 0 Å². The van der Waals surface area contributed by atoms with Gasteiger partial charge in [-0.05, 0) is 5.41 Å². The summed E-state index contributed by atoms with van der Waals surface area (Å²) < 4.78 is 36.3. The topological polar surface area (TPSA) is 54.4 Å². The summed E-state index contributed by atoms with van der Waals surface area (Å²) in [5.74, 6) is -7.16. The van der Waals surface area contributed by atoms with Crippen molar-refractivity contribution in [2.45, 2.75) is 26.7 Å². The van der Waals surface area contributed by atoms with Crippen LogP contribution < -0.4 is 0 Å². The van der Waals surface area contributed by atoms with Crippen LogP contribution in [0.3, 0.4) is 0 Å². The average molecular weight is 228 g/mol. The predicted octanol–water partition coefficient (Wildman–Crippen LogP) is 1.50. The molecule has 0 spiro atoms. The van der Waals surface area contributed by atoms with E-state index in [0.717, 1.165) is 0 Å². The standard InChI is InChI=1S/C8H14F2O3S/c1-7(2,3)4-14(13)5-8(9,10)6(11)12/h4-5H2,1-3H3,(H,11,12). The Labute approximate surface area is 84.0 Å². The van der Waals surface area contributed by atoms with Gasteiger partial charge in [-0.1, -0.05) is 20.8 Å². The number of halogens is 2. The molecule has 0 saturated carbocycles. The lowest BCUT2D eigenvalue weighted by molar-refractivity contribution is -0.161. The highest BCUT2D eigenvalue weighted by molar-refractivity contribution is 7.85. The third-order valence-corrected chi connectivity index (χ3v) is 3.12. The monoisotopic (exact) mass is 228 g/mol. The van der Waals surface area contributed by atoms with E-state index in [4.69, 9.17) is 5.11 Å². The van der Waals surface area contributed by atoms with Crippen molar-refractivity contribution in [2.24, 2.45) is 5.41 Å². The maximum atomic E-state index is 12.6. The highest BCUT2D eigenvalue weighted by atomic mass is 32.2. The average Bonchev–Trinajstić information content (AvgIpc) is 1.79. The SMILES string of the molecule is CC(C)(C)CS(=O)CC(F)(F)C(=O)O. The molecular weight excluding hydrogens is 214 g/mol. The van der Waals surface area contributed by atoms with Gasteiger partial charge < -0.3 is 5.11 Å². The number of carboxylic acid groups (broad SMARTS) is 1. The minimum absolute atomic E-state index is 0.0653. The van der Waals surface area contributed by atoms with Crippen LogP contribution in [0.4, 0.5) is 8.78 Å². The largest absolute Gasteiger partial charge is 0.477 e. The van der Waals surface area contributed by atoms with Gasteiger partial charge >= 0.3 is 11.9 Å². The van der Waals surface area contributed by atoms with Crippen molar-refractivity contribution in [2.75, 3.05) is 11.5 Å². The molecule has 0 heterocycles. The van der Waals surface area contributed by atoms with Crippen molar-refractivity contribution < 1.29 is 22.9 Å². The Morgan fingerprint density at radius 1 is 1.29 bits per heavy atom. The van der Waals surface area contributed by atoms with E-state index in [1.54, 1.807) is 20.8 Å². The molecule has 0 aliphatic carbocycles. The molecular formula is C8H14F2O3S. The van der Waals surface area contributed by atoms with Crippen LogP contribution in [0.2, 0.25) is 0 Å². The molecule has 0 aromatic rings. The number of carbonyl (C=O) groups is 1. The molecule has 0 aliphatic heterocycles. The summed E-state index contributed by atoms with van der Waals surface area (Å²) in [6.07, 6.45) is 0. The van der Waals surface area contributed by atoms with Crippen molar-refractivity contribution in [3.05, 3.63) is 0 Å². The quantitative estimate of drug-likeness (QED) is 0.793. The van der Waals surface area contributed by atoms with E-state index >= 15 is 0 Å². The molecule has 0 aromatic carbocycles. The first kappa shape index (κ1) is 13.5. The van der Waals surface area contributed by atoms with Gasteiger partial charge in [0.15, 0.2) is 0 Å². The lowest BCUT2D eigenvalue weighted by Gasteiger charge is -2.18. The van der Waals surface area contributed by atoms with Crippen molar-refractivity contribution >= 4 is 16.8 Å². The summed E-state index contributed by atoms with van der Waals surface area (Å²) in [7, 11) is -1.81. The Morgan fingerprint density at radius 3 is 2.00 bits per heavy atom. The summed E-state index contributed by atoms with van der Waals surface area (Å²) in [5.41, 5.74) is -0.348. The molecule has 0 saturated heterocycles. The Hall–Kier alpha value is -0.520. The van der Waals surface area contributed by atoms with Crippen molar-refractivity contribution in [1.29, 1.82) is 0 Å². The number of hydrogen-bond donors (Lipinski definition) is 1. The molecule has 0 aromatic heterocycles. The van der Waals surface area contributed by atoms with Gasteiger partial charge in [0.2, 0.25) is 0 Å². The van der Waals surface area contributed by atoms with Gasteiger partial charge in [-0.3, -0.25) is 4.21 Å². The normalized spacial score (nSPS) is 15.2. The molecule has 0 amide bonds. The van der Waals surface area contributed by atoms with Crippen LogP contribution in [0.25, 0.3) is 0 Å². The van der Waals surface area contributed by atoms with Crippen molar-refractivity contribution in [3.63, 3.8) is 0 Å². The van der Waals surface area contributed by atoms with Crippen LogP contribution in [0, 0.1) is 5.41 Å². The third-order valence-electron chi connectivity index (χ3n) is 1.25. The molecule has 6 heteroatoms. The molecule has 84 valence electrons. The predicted molar refractivity (Wildman–Crippen MR) is 49.9 cm³/mol. The van der Waals surface area contributed by atoms with Gasteiger partial charge in [-0.15, -0.1) is 0 Å². The first-order chi connectivity index (χ1) is 6.04. The molecule has 0 fully saturated rings. The number of rotatable bonds is 4. The van der Waals surface area contributed by atoms with Crippen LogP contribution in [0.5, 0.6) is 0 Å². The zero-order chi connectivity index (χ0) is 11.6. The molecule has 1 atom stereocenters. The van der Waals surface area contributed by atoms with Gasteiger partial charge in [0.25, 0.3) is 0 Å². The molecule has 1 unspecified atom stereocenters. The zero-order valence-corrected chi connectivity index (χ0v) is 9.16. The van der Waals surface area contributed by atoms with Gasteiger partial charge in [-0.25, -0.2) is 4.79 Å². The highest BCUT2D eigenvalue weighted by Gasteiger charge is 2.41. The fourth-order valence-corrected chi connectivity index (χ4v) is 2.39. The zero-order valence-electron chi connectivity index (χ0n) is 8.34. The second-order valence-electron chi connectivity index (χ2n) is 4.30. The fraction of sp³-hybridized carbons (Fsp3) is 0.875. The van der Waals surface area contributed by atoms with E-state index in [1.165, 1.54) is 0 Å². The summed E-state index contributed by atoms with van der Waals surface area (Å²) in [5, 5.41) is 8.10. The Balaban J connectivity index is 4.27. The van der Waals surface area contributed by atoms with E-state index in [0.29, 0.717) is 0 Å². The first-order valence-electron chi connectivity index (χ1n) is 4.01. The Morgan fingerprint density at radius 2 is 1.71 bits per heavy atom. The number of hydrogen-bond acceptors (Lipinski definition) is 2. The van der Waals surface area contributed by atoms with E-state index < -0.39 is 28.4 Å². The van der Waals surface area contributed by atoms with Crippen LogP contribution >= 0.6 is 0 Å². The second-order valence-corrected chi connectivity index (χ2v) is 5.76. The van der Waals surface area contributed by atoms with Crippen molar-refractivity contribution in [3.8, 4) is 0 Å². The van der Waals surface area contributed by atoms with Gasteiger partial charge in [-0.2, -0.15) is 8.78 Å². The molecule has 14 heavy (non-hydrogen) atoms. The fourth-order valence-electron chi connectivity index (χ4n) is 0.798. The third kappa shape index (κ3) is 5.26.